The molecule has 1 aromatic heterocycles. The Labute approximate surface area is 88.8 Å². The molecule has 3 heteroatoms. The average molecular weight is 202 g/mol. The van der Waals surface area contributed by atoms with E-state index in [1.54, 1.807) is 0 Å². The summed E-state index contributed by atoms with van der Waals surface area (Å²) in [5, 5.41) is 8.92. The third-order valence-electron chi connectivity index (χ3n) is 2.84. The van der Waals surface area contributed by atoms with Gasteiger partial charge in [-0.25, -0.2) is 0 Å². The number of H-pyrrole nitrogens is 1. The number of aromatic amines is 1. The molecule has 15 heavy (non-hydrogen) atoms. The number of hydrogen-bond acceptors (Lipinski definition) is 2. The van der Waals surface area contributed by atoms with Crippen LogP contribution in [-0.4, -0.2) is 4.98 Å². The maximum atomic E-state index is 11.7. The van der Waals surface area contributed by atoms with Gasteiger partial charge in [0.05, 0.1) is 0 Å². The van der Waals surface area contributed by atoms with Crippen LogP contribution < -0.4 is 5.56 Å². The van der Waals surface area contributed by atoms with Crippen molar-refractivity contribution in [3.63, 3.8) is 0 Å². The van der Waals surface area contributed by atoms with E-state index in [9.17, 15) is 4.79 Å². The molecule has 0 aromatic carbocycles. The molecule has 1 aliphatic rings. The molecular formula is C12H14N2O. The molecule has 1 aromatic rings. The Kier molecular flexibility index (Phi) is 2.36. The third-order valence-corrected chi connectivity index (χ3v) is 2.84. The highest BCUT2D eigenvalue weighted by atomic mass is 16.1. The SMILES string of the molecule is CC(C)c1cc(C2CC2)[nH]c(=O)c1C#N. The molecule has 1 heterocycles. The van der Waals surface area contributed by atoms with E-state index in [4.69, 9.17) is 5.26 Å². The normalized spacial score (nSPS) is 15.3. The van der Waals surface area contributed by atoms with Gasteiger partial charge < -0.3 is 4.98 Å². The quantitative estimate of drug-likeness (QED) is 0.799. The van der Waals surface area contributed by atoms with Crippen LogP contribution in [0.4, 0.5) is 0 Å². The average Bonchev–Trinajstić information content (AvgIpc) is 2.99. The van der Waals surface area contributed by atoms with Crippen molar-refractivity contribution in [1.29, 1.82) is 5.26 Å². The molecule has 1 saturated carbocycles. The minimum Gasteiger partial charge on any atom is -0.325 e. The Hall–Kier alpha value is -1.56. The molecule has 0 radical (unpaired) electrons. The summed E-state index contributed by atoms with van der Waals surface area (Å²) in [6.07, 6.45) is 2.30. The zero-order valence-corrected chi connectivity index (χ0v) is 9.00. The number of rotatable bonds is 2. The van der Waals surface area contributed by atoms with Crippen molar-refractivity contribution < 1.29 is 0 Å². The van der Waals surface area contributed by atoms with Crippen LogP contribution in [0.25, 0.3) is 0 Å². The summed E-state index contributed by atoms with van der Waals surface area (Å²) < 4.78 is 0. The number of nitrogens with one attached hydrogen (secondary N) is 1. The molecule has 0 unspecified atom stereocenters. The van der Waals surface area contributed by atoms with Crippen LogP contribution in [0.1, 0.15) is 55.3 Å². The lowest BCUT2D eigenvalue weighted by Gasteiger charge is -2.09. The van der Waals surface area contributed by atoms with Gasteiger partial charge in [-0.2, -0.15) is 5.26 Å². The molecular weight excluding hydrogens is 188 g/mol. The van der Waals surface area contributed by atoms with Gasteiger partial charge >= 0.3 is 0 Å². The Morgan fingerprint density at radius 1 is 1.53 bits per heavy atom. The molecule has 0 aliphatic heterocycles. The molecule has 0 saturated heterocycles. The summed E-state index contributed by atoms with van der Waals surface area (Å²) in [5.41, 5.74) is 1.92. The largest absolute Gasteiger partial charge is 0.325 e. The maximum Gasteiger partial charge on any atom is 0.266 e. The van der Waals surface area contributed by atoms with Crippen molar-refractivity contribution in [2.75, 3.05) is 0 Å². The lowest BCUT2D eigenvalue weighted by Crippen LogP contribution is -2.16. The molecule has 1 N–H and O–H groups in total. The summed E-state index contributed by atoms with van der Waals surface area (Å²) in [6, 6.07) is 3.98. The first-order valence-electron chi connectivity index (χ1n) is 5.30. The summed E-state index contributed by atoms with van der Waals surface area (Å²) in [4.78, 5) is 14.5. The highest BCUT2D eigenvalue weighted by Gasteiger charge is 2.26. The van der Waals surface area contributed by atoms with Crippen molar-refractivity contribution in [3.05, 3.63) is 33.2 Å². The highest BCUT2D eigenvalue weighted by molar-refractivity contribution is 5.39. The van der Waals surface area contributed by atoms with Crippen LogP contribution in [0.2, 0.25) is 0 Å². The van der Waals surface area contributed by atoms with Gasteiger partial charge in [0, 0.05) is 5.69 Å². The molecule has 0 atom stereocenters. The van der Waals surface area contributed by atoms with Crippen molar-refractivity contribution >= 4 is 0 Å². The Bertz CT molecular complexity index is 475. The number of hydrogen-bond donors (Lipinski definition) is 1. The van der Waals surface area contributed by atoms with E-state index in [1.165, 1.54) is 0 Å². The fraction of sp³-hybridized carbons (Fsp3) is 0.500. The standard InChI is InChI=1S/C12H14N2O/c1-7(2)9-5-11(8-3-4-8)14-12(15)10(9)6-13/h5,7-8H,3-4H2,1-2H3,(H,14,15). The highest BCUT2D eigenvalue weighted by Crippen LogP contribution is 2.39. The predicted octanol–water partition coefficient (Wildman–Crippen LogP) is 2.25. The van der Waals surface area contributed by atoms with Gasteiger partial charge in [-0.15, -0.1) is 0 Å². The number of pyridine rings is 1. The second-order valence-corrected chi connectivity index (χ2v) is 4.42. The first kappa shape index (κ1) is 9.97. The van der Waals surface area contributed by atoms with Crippen molar-refractivity contribution in [1.82, 2.24) is 4.98 Å². The van der Waals surface area contributed by atoms with E-state index in [0.29, 0.717) is 5.92 Å². The van der Waals surface area contributed by atoms with Gasteiger partial charge in [0.25, 0.3) is 5.56 Å². The molecule has 3 nitrogen and oxygen atoms in total. The van der Waals surface area contributed by atoms with E-state index in [2.05, 4.69) is 4.98 Å². The van der Waals surface area contributed by atoms with Crippen LogP contribution in [-0.2, 0) is 0 Å². The Morgan fingerprint density at radius 2 is 2.20 bits per heavy atom. The van der Waals surface area contributed by atoms with Crippen molar-refractivity contribution in [2.24, 2.45) is 0 Å². The van der Waals surface area contributed by atoms with Gasteiger partial charge in [0.15, 0.2) is 0 Å². The maximum absolute atomic E-state index is 11.7. The summed E-state index contributed by atoms with van der Waals surface area (Å²) in [7, 11) is 0. The van der Waals surface area contributed by atoms with Crippen LogP contribution in [0.5, 0.6) is 0 Å². The topological polar surface area (TPSA) is 56.6 Å². The van der Waals surface area contributed by atoms with Gasteiger partial charge in [0.2, 0.25) is 0 Å². The van der Waals surface area contributed by atoms with E-state index in [1.807, 2.05) is 26.0 Å². The number of aromatic nitrogens is 1. The second kappa shape index (κ2) is 3.54. The first-order chi connectivity index (χ1) is 7.13. The number of nitriles is 1. The molecule has 2 rings (SSSR count). The van der Waals surface area contributed by atoms with Crippen molar-refractivity contribution in [3.8, 4) is 6.07 Å². The summed E-state index contributed by atoms with van der Waals surface area (Å²) in [5.74, 6) is 0.738. The lowest BCUT2D eigenvalue weighted by atomic mass is 9.98. The molecule has 1 aliphatic carbocycles. The smallest absolute Gasteiger partial charge is 0.266 e. The van der Waals surface area contributed by atoms with Crippen LogP contribution >= 0.6 is 0 Å². The Balaban J connectivity index is 2.58. The van der Waals surface area contributed by atoms with E-state index in [-0.39, 0.29) is 17.0 Å². The fourth-order valence-electron chi connectivity index (χ4n) is 1.79. The Morgan fingerprint density at radius 3 is 2.67 bits per heavy atom. The van der Waals surface area contributed by atoms with E-state index in [0.717, 1.165) is 24.1 Å². The lowest BCUT2D eigenvalue weighted by molar-refractivity contribution is 0.841. The van der Waals surface area contributed by atoms with Gasteiger partial charge in [-0.05, 0) is 36.3 Å². The molecule has 1 fully saturated rings. The monoisotopic (exact) mass is 202 g/mol. The van der Waals surface area contributed by atoms with Gasteiger partial charge in [-0.1, -0.05) is 13.8 Å². The molecule has 0 bridgehead atoms. The van der Waals surface area contributed by atoms with E-state index < -0.39 is 0 Å². The number of nitrogens with zero attached hydrogens (tertiary/aromatic N) is 1. The van der Waals surface area contributed by atoms with E-state index >= 15 is 0 Å². The van der Waals surface area contributed by atoms with Gasteiger partial charge in [-0.3, -0.25) is 4.79 Å². The molecule has 0 amide bonds. The third kappa shape index (κ3) is 1.80. The van der Waals surface area contributed by atoms with Gasteiger partial charge in [0.1, 0.15) is 11.6 Å². The fourth-order valence-corrected chi connectivity index (χ4v) is 1.79. The van der Waals surface area contributed by atoms with Crippen molar-refractivity contribution in [2.45, 2.75) is 38.5 Å². The summed E-state index contributed by atoms with van der Waals surface area (Å²) >= 11 is 0. The predicted molar refractivity (Wildman–Crippen MR) is 57.8 cm³/mol. The van der Waals surface area contributed by atoms with Crippen LogP contribution in [0, 0.1) is 11.3 Å². The molecule has 0 spiro atoms. The second-order valence-electron chi connectivity index (χ2n) is 4.42. The summed E-state index contributed by atoms with van der Waals surface area (Å²) in [6.45, 7) is 4.01. The van der Waals surface area contributed by atoms with Crippen LogP contribution in [0.15, 0.2) is 10.9 Å². The minimum absolute atomic E-state index is 0.222. The first-order valence-corrected chi connectivity index (χ1v) is 5.30. The zero-order valence-electron chi connectivity index (χ0n) is 9.00. The van der Waals surface area contributed by atoms with Crippen LogP contribution in [0.3, 0.4) is 0 Å². The zero-order chi connectivity index (χ0) is 11.0. The minimum atomic E-state index is -0.231. The molecule has 78 valence electrons.